The lowest BCUT2D eigenvalue weighted by molar-refractivity contribution is -0.142. The number of hydrogen-bond donors (Lipinski definition) is 2. The van der Waals surface area contributed by atoms with Gasteiger partial charge in [0.15, 0.2) is 0 Å². The van der Waals surface area contributed by atoms with Crippen molar-refractivity contribution in [1.82, 2.24) is 15.1 Å². The summed E-state index contributed by atoms with van der Waals surface area (Å²) in [6.45, 7) is 10.3. The van der Waals surface area contributed by atoms with E-state index in [1.807, 2.05) is 34.6 Å². The van der Waals surface area contributed by atoms with E-state index in [1.54, 1.807) is 10.7 Å². The minimum Gasteiger partial charge on any atom is -0.481 e. The van der Waals surface area contributed by atoms with Crippen molar-refractivity contribution >= 4 is 11.9 Å². The largest absolute Gasteiger partial charge is 0.481 e. The highest BCUT2D eigenvalue weighted by Gasteiger charge is 2.23. The second kappa shape index (κ2) is 7.24. The predicted molar refractivity (Wildman–Crippen MR) is 80.3 cm³/mol. The fourth-order valence-corrected chi connectivity index (χ4v) is 2.04. The van der Waals surface area contributed by atoms with Crippen LogP contribution in [0.5, 0.6) is 0 Å². The van der Waals surface area contributed by atoms with Crippen molar-refractivity contribution in [1.29, 1.82) is 0 Å². The third-order valence-electron chi connectivity index (χ3n) is 3.53. The Kier molecular flexibility index (Phi) is 5.93. The maximum Gasteiger partial charge on any atom is 0.308 e. The van der Waals surface area contributed by atoms with Crippen molar-refractivity contribution in [2.45, 2.75) is 47.1 Å². The van der Waals surface area contributed by atoms with E-state index in [-0.39, 0.29) is 24.3 Å². The zero-order valence-electron chi connectivity index (χ0n) is 13.4. The molecule has 0 bridgehead atoms. The van der Waals surface area contributed by atoms with E-state index in [0.29, 0.717) is 12.2 Å². The molecule has 0 aliphatic carbocycles. The molecule has 6 heteroatoms. The summed E-state index contributed by atoms with van der Waals surface area (Å²) in [5.74, 6) is -1.55. The first-order valence-electron chi connectivity index (χ1n) is 7.36. The van der Waals surface area contributed by atoms with Crippen molar-refractivity contribution in [2.75, 3.05) is 6.54 Å². The van der Waals surface area contributed by atoms with E-state index in [4.69, 9.17) is 5.11 Å². The molecule has 0 fully saturated rings. The fourth-order valence-electron chi connectivity index (χ4n) is 2.04. The molecule has 0 radical (unpaired) electrons. The molecule has 1 aromatic heterocycles. The van der Waals surface area contributed by atoms with Gasteiger partial charge >= 0.3 is 5.97 Å². The zero-order valence-corrected chi connectivity index (χ0v) is 13.4. The quantitative estimate of drug-likeness (QED) is 0.807. The van der Waals surface area contributed by atoms with Crippen LogP contribution in [-0.4, -0.2) is 33.3 Å². The van der Waals surface area contributed by atoms with Crippen molar-refractivity contribution in [3.8, 4) is 0 Å². The molecule has 6 nitrogen and oxygen atoms in total. The average Bonchev–Trinajstić information content (AvgIpc) is 2.82. The van der Waals surface area contributed by atoms with Gasteiger partial charge in [-0.1, -0.05) is 27.7 Å². The Morgan fingerprint density at radius 3 is 2.38 bits per heavy atom. The number of nitrogens with zero attached hydrogens (tertiary/aromatic N) is 2. The van der Waals surface area contributed by atoms with Crippen LogP contribution in [-0.2, 0) is 11.3 Å². The first-order chi connectivity index (χ1) is 9.77. The molecule has 0 spiro atoms. The van der Waals surface area contributed by atoms with Crippen molar-refractivity contribution in [2.24, 2.45) is 11.8 Å². The summed E-state index contributed by atoms with van der Waals surface area (Å²) in [6.07, 6.45) is 0. The number of carboxylic acid groups (broad SMARTS) is 1. The van der Waals surface area contributed by atoms with Gasteiger partial charge in [0.2, 0.25) is 0 Å². The van der Waals surface area contributed by atoms with Gasteiger partial charge < -0.3 is 10.4 Å². The molecule has 2 N–H and O–H groups in total. The highest BCUT2D eigenvalue weighted by Crippen LogP contribution is 2.15. The van der Waals surface area contributed by atoms with E-state index in [1.165, 1.54) is 0 Å². The number of aliphatic carboxylic acids is 1. The molecule has 1 rings (SSSR count). The molecule has 0 aromatic carbocycles. The van der Waals surface area contributed by atoms with Crippen molar-refractivity contribution in [3.63, 3.8) is 0 Å². The lowest BCUT2D eigenvalue weighted by atomic mass is 9.96. The lowest BCUT2D eigenvalue weighted by Crippen LogP contribution is -2.36. The van der Waals surface area contributed by atoms with Gasteiger partial charge in [0.1, 0.15) is 5.69 Å². The van der Waals surface area contributed by atoms with Crippen LogP contribution in [0.1, 0.15) is 56.7 Å². The molecule has 0 saturated carbocycles. The molecule has 0 saturated heterocycles. The number of nitrogens with one attached hydrogen (secondary N) is 1. The summed E-state index contributed by atoms with van der Waals surface area (Å²) in [5, 5.41) is 16.2. The molecule has 1 heterocycles. The van der Waals surface area contributed by atoms with Crippen LogP contribution in [0.15, 0.2) is 6.07 Å². The Morgan fingerprint density at radius 1 is 1.33 bits per heavy atom. The van der Waals surface area contributed by atoms with Gasteiger partial charge in [0.05, 0.1) is 11.6 Å². The molecule has 1 amide bonds. The van der Waals surface area contributed by atoms with Crippen LogP contribution in [0.25, 0.3) is 0 Å². The number of carboxylic acids is 1. The first kappa shape index (κ1) is 17.2. The monoisotopic (exact) mass is 295 g/mol. The summed E-state index contributed by atoms with van der Waals surface area (Å²) in [7, 11) is 0. The molecule has 21 heavy (non-hydrogen) atoms. The SMILES string of the molecule is CCn1nc(C(C)C)cc1C(=O)NCC(C(=O)O)C(C)C. The van der Waals surface area contributed by atoms with Crippen LogP contribution < -0.4 is 5.32 Å². The molecular weight excluding hydrogens is 270 g/mol. The van der Waals surface area contributed by atoms with Crippen LogP contribution in [0, 0.1) is 11.8 Å². The summed E-state index contributed by atoms with van der Waals surface area (Å²) >= 11 is 0. The second-order valence-corrected chi connectivity index (χ2v) is 5.82. The third kappa shape index (κ3) is 4.31. The first-order valence-corrected chi connectivity index (χ1v) is 7.36. The van der Waals surface area contributed by atoms with Gasteiger partial charge in [-0.2, -0.15) is 5.10 Å². The number of aryl methyl sites for hydroxylation is 1. The number of rotatable bonds is 7. The van der Waals surface area contributed by atoms with Crippen LogP contribution >= 0.6 is 0 Å². The number of carbonyl (C=O) groups is 2. The van der Waals surface area contributed by atoms with E-state index in [2.05, 4.69) is 10.4 Å². The highest BCUT2D eigenvalue weighted by molar-refractivity contribution is 5.93. The maximum atomic E-state index is 12.2. The maximum absolute atomic E-state index is 12.2. The van der Waals surface area contributed by atoms with Gasteiger partial charge in [0.25, 0.3) is 5.91 Å². The number of hydrogen-bond acceptors (Lipinski definition) is 3. The van der Waals surface area contributed by atoms with Crippen LogP contribution in [0.3, 0.4) is 0 Å². The van der Waals surface area contributed by atoms with Gasteiger partial charge in [-0.25, -0.2) is 0 Å². The third-order valence-corrected chi connectivity index (χ3v) is 3.53. The Hall–Kier alpha value is -1.85. The topological polar surface area (TPSA) is 84.2 Å². The van der Waals surface area contributed by atoms with Gasteiger partial charge in [0, 0.05) is 13.1 Å². The standard InChI is InChI=1S/C15H25N3O3/c1-6-18-13(7-12(17-18)10(4)5)14(19)16-8-11(9(2)3)15(20)21/h7,9-11H,6,8H2,1-5H3,(H,16,19)(H,20,21). The van der Waals surface area contributed by atoms with Crippen LogP contribution in [0.2, 0.25) is 0 Å². The van der Waals surface area contributed by atoms with Crippen molar-refractivity contribution in [3.05, 3.63) is 17.5 Å². The minimum absolute atomic E-state index is 0.0369. The Balaban J connectivity index is 2.82. The highest BCUT2D eigenvalue weighted by atomic mass is 16.4. The molecule has 1 atom stereocenters. The second-order valence-electron chi connectivity index (χ2n) is 5.82. The number of amides is 1. The predicted octanol–water partition coefficient (Wildman–Crippen LogP) is 2.11. The van der Waals surface area contributed by atoms with E-state index in [0.717, 1.165) is 5.69 Å². The van der Waals surface area contributed by atoms with Gasteiger partial charge in [-0.3, -0.25) is 14.3 Å². The minimum atomic E-state index is -0.892. The molecule has 1 aromatic rings. The summed E-state index contributed by atoms with van der Waals surface area (Å²) in [4.78, 5) is 23.4. The Bertz CT molecular complexity index is 506. The molecule has 0 aliphatic heterocycles. The van der Waals surface area contributed by atoms with E-state index < -0.39 is 11.9 Å². The normalized spacial score (nSPS) is 12.7. The molecular formula is C15H25N3O3. The van der Waals surface area contributed by atoms with Crippen molar-refractivity contribution < 1.29 is 14.7 Å². The Morgan fingerprint density at radius 2 is 1.95 bits per heavy atom. The fraction of sp³-hybridized carbons (Fsp3) is 0.667. The molecule has 118 valence electrons. The summed E-state index contributed by atoms with van der Waals surface area (Å²) in [5.41, 5.74) is 1.34. The number of aromatic nitrogens is 2. The van der Waals surface area contributed by atoms with Gasteiger partial charge in [-0.05, 0) is 24.8 Å². The zero-order chi connectivity index (χ0) is 16.2. The smallest absolute Gasteiger partial charge is 0.308 e. The summed E-state index contributed by atoms with van der Waals surface area (Å²) in [6, 6.07) is 1.77. The average molecular weight is 295 g/mol. The van der Waals surface area contributed by atoms with E-state index >= 15 is 0 Å². The van der Waals surface area contributed by atoms with Gasteiger partial charge in [-0.15, -0.1) is 0 Å². The molecule has 1 unspecified atom stereocenters. The Labute approximate surface area is 125 Å². The summed E-state index contributed by atoms with van der Waals surface area (Å²) < 4.78 is 1.65. The van der Waals surface area contributed by atoms with E-state index in [9.17, 15) is 9.59 Å². The number of carbonyl (C=O) groups excluding carboxylic acids is 1. The molecule has 0 aliphatic rings. The van der Waals surface area contributed by atoms with Crippen LogP contribution in [0.4, 0.5) is 0 Å². The lowest BCUT2D eigenvalue weighted by Gasteiger charge is -2.16.